The molecule has 1 aromatic carbocycles. The van der Waals surface area contributed by atoms with E-state index in [1.165, 1.54) is 13.8 Å². The highest BCUT2D eigenvalue weighted by Crippen LogP contribution is 2.20. The molecule has 0 bridgehead atoms. The van der Waals surface area contributed by atoms with Crippen LogP contribution in [0.5, 0.6) is 0 Å². The van der Waals surface area contributed by atoms with E-state index >= 15 is 0 Å². The molecular formula is C18H28N2O4S. The molecule has 140 valence electrons. The molecule has 25 heavy (non-hydrogen) atoms. The number of esters is 1. The summed E-state index contributed by atoms with van der Waals surface area (Å²) in [5.74, 6) is 0.0469. The average molecular weight is 368 g/mol. The molecule has 0 spiro atoms. The van der Waals surface area contributed by atoms with E-state index in [0.29, 0.717) is 5.92 Å². The lowest BCUT2D eigenvalue weighted by molar-refractivity contribution is -0.148. The number of sulfonamides is 1. The number of hydrogen-bond donors (Lipinski definition) is 2. The molecule has 0 unspecified atom stereocenters. The van der Waals surface area contributed by atoms with Crippen LogP contribution in [-0.2, 0) is 26.0 Å². The van der Waals surface area contributed by atoms with E-state index < -0.39 is 21.5 Å². The molecule has 0 aromatic heterocycles. The van der Waals surface area contributed by atoms with E-state index in [9.17, 15) is 13.2 Å². The molecule has 0 radical (unpaired) electrons. The van der Waals surface area contributed by atoms with Crippen LogP contribution in [-0.4, -0.2) is 39.6 Å². The van der Waals surface area contributed by atoms with Crippen LogP contribution in [0.1, 0.15) is 39.2 Å². The molecule has 2 rings (SSSR count). The van der Waals surface area contributed by atoms with Gasteiger partial charge in [-0.05, 0) is 76.7 Å². The quantitative estimate of drug-likeness (QED) is 0.718. The molecule has 0 aliphatic carbocycles. The van der Waals surface area contributed by atoms with Crippen LogP contribution in [0.3, 0.4) is 0 Å². The molecule has 6 nitrogen and oxygen atoms in total. The van der Waals surface area contributed by atoms with Crippen LogP contribution < -0.4 is 10.0 Å². The normalized spacial score (nSPS) is 16.6. The highest BCUT2D eigenvalue weighted by atomic mass is 32.2. The predicted molar refractivity (Wildman–Crippen MR) is 96.8 cm³/mol. The number of piperidine rings is 1. The van der Waals surface area contributed by atoms with Gasteiger partial charge in [0.05, 0.1) is 11.5 Å². The van der Waals surface area contributed by atoms with Crippen molar-refractivity contribution < 1.29 is 17.9 Å². The largest absolute Gasteiger partial charge is 0.465 e. The van der Waals surface area contributed by atoms with E-state index in [4.69, 9.17) is 4.74 Å². The molecular weight excluding hydrogens is 340 g/mol. The maximum Gasteiger partial charge on any atom is 0.326 e. The highest BCUT2D eigenvalue weighted by molar-refractivity contribution is 7.89. The van der Waals surface area contributed by atoms with E-state index in [1.54, 1.807) is 19.1 Å². The van der Waals surface area contributed by atoms with Gasteiger partial charge in [0.1, 0.15) is 5.54 Å². The summed E-state index contributed by atoms with van der Waals surface area (Å²) in [5.41, 5.74) is -0.182. The van der Waals surface area contributed by atoms with Crippen molar-refractivity contribution in [1.82, 2.24) is 10.0 Å². The minimum absolute atomic E-state index is 0.152. The van der Waals surface area contributed by atoms with Gasteiger partial charge in [-0.25, -0.2) is 8.42 Å². The summed E-state index contributed by atoms with van der Waals surface area (Å²) in [6.45, 7) is 6.97. The zero-order chi connectivity index (χ0) is 18.5. The van der Waals surface area contributed by atoms with Crippen molar-refractivity contribution in [2.75, 3.05) is 19.7 Å². The first-order chi connectivity index (χ1) is 11.7. The second kappa shape index (κ2) is 8.29. The van der Waals surface area contributed by atoms with Gasteiger partial charge in [0, 0.05) is 0 Å². The molecule has 1 saturated heterocycles. The minimum atomic E-state index is -3.79. The maximum absolute atomic E-state index is 12.5. The standard InChI is InChI=1S/C18H28N2O4S/c1-4-24-17(21)18(2,3)20-25(22,23)16-7-5-14(6-8-16)13-15-9-11-19-12-10-15/h5-8,15,19-20H,4,9-13H2,1-3H3. The third-order valence-corrected chi connectivity index (χ3v) is 6.06. The second-order valence-electron chi connectivity index (χ2n) is 6.99. The van der Waals surface area contributed by atoms with Crippen molar-refractivity contribution >= 4 is 16.0 Å². The highest BCUT2D eigenvalue weighted by Gasteiger charge is 2.34. The number of rotatable bonds is 7. The molecule has 0 amide bonds. The fourth-order valence-electron chi connectivity index (χ4n) is 2.97. The van der Waals surface area contributed by atoms with Crippen LogP contribution >= 0.6 is 0 Å². The summed E-state index contributed by atoms with van der Waals surface area (Å²) in [7, 11) is -3.79. The third kappa shape index (κ3) is 5.52. The first-order valence-electron chi connectivity index (χ1n) is 8.75. The lowest BCUT2D eigenvalue weighted by atomic mass is 9.91. The lowest BCUT2D eigenvalue weighted by Crippen LogP contribution is -2.50. The molecule has 1 heterocycles. The van der Waals surface area contributed by atoms with E-state index in [0.717, 1.165) is 37.9 Å². The van der Waals surface area contributed by atoms with E-state index in [-0.39, 0.29) is 11.5 Å². The molecule has 1 aromatic rings. The van der Waals surface area contributed by atoms with Crippen molar-refractivity contribution in [3.8, 4) is 0 Å². The number of ether oxygens (including phenoxy) is 1. The Kier molecular flexibility index (Phi) is 6.59. The summed E-state index contributed by atoms with van der Waals surface area (Å²) < 4.78 is 32.4. The van der Waals surface area contributed by atoms with Crippen LogP contribution in [0.2, 0.25) is 0 Å². The van der Waals surface area contributed by atoms with Gasteiger partial charge in [-0.1, -0.05) is 12.1 Å². The van der Waals surface area contributed by atoms with Crippen LogP contribution in [0, 0.1) is 5.92 Å². The number of hydrogen-bond acceptors (Lipinski definition) is 5. The van der Waals surface area contributed by atoms with Crippen molar-refractivity contribution in [2.45, 2.75) is 50.5 Å². The van der Waals surface area contributed by atoms with Gasteiger partial charge in [-0.2, -0.15) is 4.72 Å². The van der Waals surface area contributed by atoms with Crippen LogP contribution in [0.4, 0.5) is 0 Å². The molecule has 1 aliphatic rings. The zero-order valence-corrected chi connectivity index (χ0v) is 16.0. The topological polar surface area (TPSA) is 84.5 Å². The first kappa shape index (κ1) is 19.9. The van der Waals surface area contributed by atoms with Gasteiger partial charge in [0.2, 0.25) is 10.0 Å². The number of carbonyl (C=O) groups excluding carboxylic acids is 1. The Balaban J connectivity index is 2.05. The van der Waals surface area contributed by atoms with E-state index in [2.05, 4.69) is 10.0 Å². The maximum atomic E-state index is 12.5. The Morgan fingerprint density at radius 3 is 2.40 bits per heavy atom. The number of carbonyl (C=O) groups is 1. The fourth-order valence-corrected chi connectivity index (χ4v) is 4.34. The van der Waals surface area contributed by atoms with Crippen molar-refractivity contribution in [1.29, 1.82) is 0 Å². The smallest absolute Gasteiger partial charge is 0.326 e. The predicted octanol–water partition coefficient (Wildman–Crippen LogP) is 1.85. The van der Waals surface area contributed by atoms with Gasteiger partial charge in [0.25, 0.3) is 0 Å². The summed E-state index contributed by atoms with van der Waals surface area (Å²) in [5, 5.41) is 3.34. The Morgan fingerprint density at radius 1 is 1.24 bits per heavy atom. The molecule has 2 N–H and O–H groups in total. The summed E-state index contributed by atoms with van der Waals surface area (Å²) in [6.07, 6.45) is 3.26. The number of benzene rings is 1. The van der Waals surface area contributed by atoms with Crippen molar-refractivity contribution in [3.63, 3.8) is 0 Å². The van der Waals surface area contributed by atoms with Crippen molar-refractivity contribution in [2.24, 2.45) is 5.92 Å². The Morgan fingerprint density at radius 2 is 1.84 bits per heavy atom. The fraction of sp³-hybridized carbons (Fsp3) is 0.611. The van der Waals surface area contributed by atoms with Gasteiger partial charge in [-0.3, -0.25) is 4.79 Å². The van der Waals surface area contributed by atoms with Gasteiger partial charge >= 0.3 is 5.97 Å². The Hall–Kier alpha value is -1.44. The van der Waals surface area contributed by atoms with E-state index in [1.807, 2.05) is 12.1 Å². The summed E-state index contributed by atoms with van der Waals surface area (Å²) >= 11 is 0. The lowest BCUT2D eigenvalue weighted by Gasteiger charge is -2.24. The second-order valence-corrected chi connectivity index (χ2v) is 8.67. The van der Waals surface area contributed by atoms with Gasteiger partial charge in [0.15, 0.2) is 0 Å². The van der Waals surface area contributed by atoms with Gasteiger partial charge < -0.3 is 10.1 Å². The molecule has 0 saturated carbocycles. The Labute approximate surface area is 150 Å². The molecule has 0 atom stereocenters. The summed E-state index contributed by atoms with van der Waals surface area (Å²) in [6, 6.07) is 6.90. The third-order valence-electron chi connectivity index (χ3n) is 4.39. The minimum Gasteiger partial charge on any atom is -0.465 e. The summed E-state index contributed by atoms with van der Waals surface area (Å²) in [4.78, 5) is 12.0. The number of nitrogens with one attached hydrogen (secondary N) is 2. The zero-order valence-electron chi connectivity index (χ0n) is 15.2. The monoisotopic (exact) mass is 368 g/mol. The first-order valence-corrected chi connectivity index (χ1v) is 10.2. The SMILES string of the molecule is CCOC(=O)C(C)(C)NS(=O)(=O)c1ccc(CC2CCNCC2)cc1. The van der Waals surface area contributed by atoms with Crippen LogP contribution in [0.25, 0.3) is 0 Å². The Bertz CT molecular complexity index is 678. The molecule has 1 fully saturated rings. The van der Waals surface area contributed by atoms with Gasteiger partial charge in [-0.15, -0.1) is 0 Å². The average Bonchev–Trinajstić information content (AvgIpc) is 2.55. The molecule has 7 heteroatoms. The van der Waals surface area contributed by atoms with Crippen LogP contribution in [0.15, 0.2) is 29.2 Å². The van der Waals surface area contributed by atoms with Crippen molar-refractivity contribution in [3.05, 3.63) is 29.8 Å². The molecule has 1 aliphatic heterocycles.